The lowest BCUT2D eigenvalue weighted by molar-refractivity contribution is -0.194. The molecule has 0 saturated heterocycles. The monoisotopic (exact) mass is 681 g/mol. The van der Waals surface area contributed by atoms with E-state index >= 15 is 0 Å². The molecule has 0 spiro atoms. The van der Waals surface area contributed by atoms with E-state index in [4.69, 9.17) is 28.4 Å². The van der Waals surface area contributed by atoms with E-state index in [-0.39, 0.29) is 23.8 Å². The number of carbonyl (C=O) groups is 5. The summed E-state index contributed by atoms with van der Waals surface area (Å²) in [7, 11) is 3.39. The molecule has 49 heavy (non-hydrogen) atoms. The van der Waals surface area contributed by atoms with Crippen molar-refractivity contribution < 1.29 is 62.6 Å². The molecule has 2 aromatic rings. The molecule has 14 nitrogen and oxygen atoms in total. The largest absolute Gasteiger partial charge is 0.493 e. The van der Waals surface area contributed by atoms with E-state index in [1.807, 2.05) is 31.9 Å². The summed E-state index contributed by atoms with van der Waals surface area (Å²) in [6.07, 6.45) is -5.35. The first-order chi connectivity index (χ1) is 23.2. The maximum atomic E-state index is 13.9. The Kier molecular flexibility index (Phi) is 9.75. The molecule has 0 bridgehead atoms. The standard InChI is InChI=1S/C35H39NO13/c1-7-36(5)24-17-21-13-14-22(44-6)27-25(21)34(4)30(48-27)23(15-16-35(24,34)43)47-32(41)28(45-18(2)37)29(46-19(3)38)33(42)49-26(31(39)40)20-11-9-8-10-12-20/h8-15,24,26,28-30,43H,7,16-17H2,1-6H3,(H,39,40)/t24-,26+,28-,29-,30+,34+,35-/m1/s1. The third kappa shape index (κ3) is 6.10. The predicted octanol–water partition coefficient (Wildman–Crippen LogP) is 2.38. The topological polar surface area (TPSA) is 184 Å². The zero-order valence-electron chi connectivity index (χ0n) is 28.0. The number of carboxylic acids is 1. The Morgan fingerprint density at radius 3 is 2.18 bits per heavy atom. The molecule has 2 aromatic carbocycles. The maximum Gasteiger partial charge on any atom is 0.357 e. The van der Waals surface area contributed by atoms with Crippen LogP contribution < -0.4 is 9.47 Å². The Morgan fingerprint density at radius 1 is 0.980 bits per heavy atom. The van der Waals surface area contributed by atoms with Crippen LogP contribution in [0.3, 0.4) is 0 Å². The maximum absolute atomic E-state index is 13.9. The molecule has 0 unspecified atom stereocenters. The lowest BCUT2D eigenvalue weighted by atomic mass is 9.54. The molecule has 7 atom stereocenters. The number of rotatable bonds is 12. The number of methoxy groups -OCH3 is 1. The predicted molar refractivity (Wildman–Crippen MR) is 168 cm³/mol. The van der Waals surface area contributed by atoms with Crippen LogP contribution in [0, 0.1) is 0 Å². The lowest BCUT2D eigenvalue weighted by Crippen LogP contribution is -2.69. The SMILES string of the molecule is CCN(C)[C@@H]1Cc2ccc(OC)c3c2[C@@]2(C)[C@@H](O3)C(OC(=O)[C@H](OC(C)=O)[C@@H](OC(C)=O)C(=O)O[C@H](C(=O)O)c3ccccc3)=CC[C@@]12O. The molecule has 3 aliphatic rings. The van der Waals surface area contributed by atoms with E-state index in [0.717, 1.165) is 19.4 Å². The minimum Gasteiger partial charge on any atom is -0.493 e. The van der Waals surface area contributed by atoms with Gasteiger partial charge in [0, 0.05) is 37.4 Å². The van der Waals surface area contributed by atoms with Crippen molar-refractivity contribution in [2.24, 2.45) is 0 Å². The van der Waals surface area contributed by atoms with Crippen LogP contribution in [-0.4, -0.2) is 95.6 Å². The van der Waals surface area contributed by atoms with Gasteiger partial charge in [0.25, 0.3) is 0 Å². The van der Waals surface area contributed by atoms with Gasteiger partial charge >= 0.3 is 29.8 Å². The van der Waals surface area contributed by atoms with Gasteiger partial charge in [-0.05, 0) is 44.6 Å². The molecule has 0 amide bonds. The normalized spacial score (nSPS) is 25.0. The Labute approximate surface area is 282 Å². The summed E-state index contributed by atoms with van der Waals surface area (Å²) in [6.45, 7) is 6.34. The van der Waals surface area contributed by atoms with Crippen LogP contribution in [0.25, 0.3) is 0 Å². The fourth-order valence-corrected chi connectivity index (χ4v) is 7.12. The average Bonchev–Trinajstić information content (AvgIpc) is 3.40. The van der Waals surface area contributed by atoms with E-state index in [9.17, 15) is 34.2 Å². The zero-order chi connectivity index (χ0) is 35.8. The van der Waals surface area contributed by atoms with Crippen LogP contribution in [0.2, 0.25) is 0 Å². The third-order valence-corrected chi connectivity index (χ3v) is 9.58. The van der Waals surface area contributed by atoms with Gasteiger partial charge in [0.05, 0.1) is 18.1 Å². The molecule has 14 heteroatoms. The van der Waals surface area contributed by atoms with E-state index in [1.165, 1.54) is 37.5 Å². The molecule has 0 radical (unpaired) electrons. The van der Waals surface area contributed by atoms with Crippen molar-refractivity contribution in [3.8, 4) is 11.5 Å². The number of likely N-dealkylation sites (N-methyl/N-ethyl adjacent to an activating group) is 1. The van der Waals surface area contributed by atoms with Crippen molar-refractivity contribution in [1.29, 1.82) is 0 Å². The summed E-state index contributed by atoms with van der Waals surface area (Å²) < 4.78 is 33.3. The van der Waals surface area contributed by atoms with Crippen LogP contribution in [-0.2, 0) is 54.8 Å². The molecule has 2 aliphatic carbocycles. The molecule has 0 saturated carbocycles. The molecule has 1 heterocycles. The lowest BCUT2D eigenvalue weighted by Gasteiger charge is -2.56. The van der Waals surface area contributed by atoms with E-state index in [0.29, 0.717) is 30.0 Å². The fraction of sp³-hybridized carbons (Fsp3) is 0.457. The van der Waals surface area contributed by atoms with Crippen LogP contribution in [0.5, 0.6) is 11.5 Å². The number of hydrogen-bond donors (Lipinski definition) is 2. The fourth-order valence-electron chi connectivity index (χ4n) is 7.12. The van der Waals surface area contributed by atoms with Crippen molar-refractivity contribution in [1.82, 2.24) is 4.90 Å². The quantitative estimate of drug-likeness (QED) is 0.246. The molecule has 0 fully saturated rings. The number of benzene rings is 2. The van der Waals surface area contributed by atoms with Crippen molar-refractivity contribution >= 4 is 29.8 Å². The van der Waals surface area contributed by atoms with Crippen LogP contribution >= 0.6 is 0 Å². The number of hydrogen-bond acceptors (Lipinski definition) is 13. The Bertz CT molecular complexity index is 1690. The first kappa shape index (κ1) is 35.4. The highest BCUT2D eigenvalue weighted by molar-refractivity contribution is 5.90. The molecular formula is C35H39NO13. The van der Waals surface area contributed by atoms with Gasteiger partial charge in [-0.3, -0.25) is 9.59 Å². The second-order valence-corrected chi connectivity index (χ2v) is 12.4. The van der Waals surface area contributed by atoms with Crippen LogP contribution in [0.1, 0.15) is 56.9 Å². The minimum atomic E-state index is -2.25. The van der Waals surface area contributed by atoms with Crippen molar-refractivity contribution in [3.05, 3.63) is 71.0 Å². The van der Waals surface area contributed by atoms with Crippen LogP contribution in [0.15, 0.2) is 54.3 Å². The van der Waals surface area contributed by atoms with E-state index in [2.05, 4.69) is 0 Å². The number of aliphatic hydroxyl groups is 1. The van der Waals surface area contributed by atoms with Gasteiger partial charge in [-0.15, -0.1) is 0 Å². The highest BCUT2D eigenvalue weighted by Gasteiger charge is 2.68. The Hall–Kier alpha value is -4.95. The van der Waals surface area contributed by atoms with Gasteiger partial charge in [0.1, 0.15) is 5.76 Å². The second kappa shape index (κ2) is 13.5. The van der Waals surface area contributed by atoms with Gasteiger partial charge in [0.15, 0.2) is 17.6 Å². The van der Waals surface area contributed by atoms with Crippen LogP contribution in [0.4, 0.5) is 0 Å². The molecule has 1 aliphatic heterocycles. The first-order valence-corrected chi connectivity index (χ1v) is 15.7. The smallest absolute Gasteiger partial charge is 0.357 e. The zero-order valence-corrected chi connectivity index (χ0v) is 28.0. The van der Waals surface area contributed by atoms with Gasteiger partial charge < -0.3 is 43.5 Å². The summed E-state index contributed by atoms with van der Waals surface area (Å²) in [5, 5.41) is 22.3. The highest BCUT2D eigenvalue weighted by Crippen LogP contribution is 2.62. The van der Waals surface area contributed by atoms with E-state index < -0.39 is 65.3 Å². The number of nitrogens with zero attached hydrogens (tertiary/aromatic N) is 1. The van der Waals surface area contributed by atoms with Crippen molar-refractivity contribution in [2.45, 2.75) is 82.0 Å². The Balaban J connectivity index is 1.51. The van der Waals surface area contributed by atoms with Crippen molar-refractivity contribution in [2.75, 3.05) is 20.7 Å². The minimum absolute atomic E-state index is 0.0298. The third-order valence-electron chi connectivity index (χ3n) is 9.58. The number of esters is 4. The average molecular weight is 682 g/mol. The molecule has 2 N–H and O–H groups in total. The van der Waals surface area contributed by atoms with Gasteiger partial charge in [-0.25, -0.2) is 14.4 Å². The molecule has 262 valence electrons. The summed E-state index contributed by atoms with van der Waals surface area (Å²) in [4.78, 5) is 65.8. The van der Waals surface area contributed by atoms with E-state index in [1.54, 1.807) is 12.1 Å². The van der Waals surface area contributed by atoms with Gasteiger partial charge in [0.2, 0.25) is 18.3 Å². The summed E-state index contributed by atoms with van der Waals surface area (Å²) in [6, 6.07) is 10.8. The molecule has 5 rings (SSSR count). The second-order valence-electron chi connectivity index (χ2n) is 12.4. The molecular weight excluding hydrogens is 642 g/mol. The van der Waals surface area contributed by atoms with Gasteiger partial charge in [-0.1, -0.05) is 43.3 Å². The number of carbonyl (C=O) groups excluding carboxylic acids is 4. The molecule has 0 aromatic heterocycles. The van der Waals surface area contributed by atoms with Gasteiger partial charge in [-0.2, -0.15) is 0 Å². The Morgan fingerprint density at radius 2 is 1.61 bits per heavy atom. The number of ether oxygens (including phenoxy) is 6. The summed E-state index contributed by atoms with van der Waals surface area (Å²) in [5.41, 5.74) is -0.855. The summed E-state index contributed by atoms with van der Waals surface area (Å²) in [5.74, 6) is -5.73. The highest BCUT2D eigenvalue weighted by atomic mass is 16.6. The first-order valence-electron chi connectivity index (χ1n) is 15.7. The summed E-state index contributed by atoms with van der Waals surface area (Å²) >= 11 is 0. The number of carboxylic acid groups (broad SMARTS) is 1. The number of aliphatic carboxylic acids is 1. The van der Waals surface area contributed by atoms with Crippen molar-refractivity contribution in [3.63, 3.8) is 0 Å².